The van der Waals surface area contributed by atoms with E-state index in [2.05, 4.69) is 53.1 Å². The van der Waals surface area contributed by atoms with E-state index in [0.29, 0.717) is 18.4 Å². The Hall–Kier alpha value is -4.45. The van der Waals surface area contributed by atoms with E-state index in [1.54, 1.807) is 12.1 Å². The Bertz CT molecular complexity index is 1570. The number of benzene rings is 3. The number of carbonyl (C=O) groups is 2. The van der Waals surface area contributed by atoms with Gasteiger partial charge in [0.25, 0.3) is 5.91 Å². The summed E-state index contributed by atoms with van der Waals surface area (Å²) >= 11 is 0. The molecule has 0 saturated carbocycles. The Morgan fingerprint density at radius 2 is 1.64 bits per heavy atom. The summed E-state index contributed by atoms with van der Waals surface area (Å²) in [6, 6.07) is 25.7. The van der Waals surface area contributed by atoms with Crippen molar-refractivity contribution in [2.24, 2.45) is 0 Å². The number of fused-ring (bicyclic) bond motifs is 2. The van der Waals surface area contributed by atoms with Gasteiger partial charge in [-0.3, -0.25) is 20.4 Å². The smallest absolute Gasteiger partial charge is 0.269 e. The maximum absolute atomic E-state index is 12.4. The fourth-order valence-electron chi connectivity index (χ4n) is 4.44. The number of nitrogens with one attached hydrogen (secondary N) is 3. The standard InChI is InChI=1S/C30H28N4O2/c1-19-10-13-22(14-11-19)30(36)34-33-28(35)9-5-7-23-24-18-20(2)12-16-26(24)32-29(23)27-17-15-21-6-3-4-8-25(21)31-27/h3-4,6,8,10-18,32H,5,7,9H2,1-2H3,(H,33,35)(H,34,36). The van der Waals surface area contributed by atoms with Gasteiger partial charge < -0.3 is 4.98 Å². The Kier molecular flexibility index (Phi) is 6.50. The Balaban J connectivity index is 1.30. The van der Waals surface area contributed by atoms with Gasteiger partial charge in [0.1, 0.15) is 0 Å². The monoisotopic (exact) mass is 476 g/mol. The molecule has 2 aromatic heterocycles. The van der Waals surface area contributed by atoms with Gasteiger partial charge in [0.05, 0.1) is 16.9 Å². The molecule has 0 spiro atoms. The fourth-order valence-corrected chi connectivity index (χ4v) is 4.44. The fraction of sp³-hybridized carbons (Fsp3) is 0.167. The maximum atomic E-state index is 12.4. The minimum atomic E-state index is -0.333. The van der Waals surface area contributed by atoms with Crippen LogP contribution < -0.4 is 10.9 Å². The molecule has 3 aromatic carbocycles. The number of hydrogen-bond donors (Lipinski definition) is 3. The van der Waals surface area contributed by atoms with E-state index in [9.17, 15) is 9.59 Å². The maximum Gasteiger partial charge on any atom is 0.269 e. The summed E-state index contributed by atoms with van der Waals surface area (Å²) < 4.78 is 0. The van der Waals surface area contributed by atoms with Crippen LogP contribution in [0.5, 0.6) is 0 Å². The summed E-state index contributed by atoms with van der Waals surface area (Å²) in [6.45, 7) is 4.04. The normalized spacial score (nSPS) is 11.1. The van der Waals surface area contributed by atoms with Crippen molar-refractivity contribution in [3.05, 3.63) is 101 Å². The summed E-state index contributed by atoms with van der Waals surface area (Å²) in [4.78, 5) is 33.1. The van der Waals surface area contributed by atoms with E-state index >= 15 is 0 Å². The van der Waals surface area contributed by atoms with Gasteiger partial charge in [-0.15, -0.1) is 0 Å². The number of carbonyl (C=O) groups excluding carboxylic acids is 2. The molecule has 5 rings (SSSR count). The Morgan fingerprint density at radius 1 is 0.861 bits per heavy atom. The molecule has 6 nitrogen and oxygen atoms in total. The highest BCUT2D eigenvalue weighted by atomic mass is 16.2. The average Bonchev–Trinajstić information content (AvgIpc) is 3.25. The molecule has 0 aliphatic carbocycles. The molecule has 0 radical (unpaired) electrons. The van der Waals surface area contributed by atoms with Crippen LogP contribution >= 0.6 is 0 Å². The van der Waals surface area contributed by atoms with Crippen LogP contribution in [0, 0.1) is 13.8 Å². The highest BCUT2D eigenvalue weighted by Crippen LogP contribution is 2.32. The van der Waals surface area contributed by atoms with Crippen molar-refractivity contribution >= 4 is 33.6 Å². The number of pyridine rings is 1. The summed E-state index contributed by atoms with van der Waals surface area (Å²) in [5.74, 6) is -0.558. The minimum Gasteiger partial charge on any atom is -0.353 e. The first-order valence-electron chi connectivity index (χ1n) is 12.1. The lowest BCUT2D eigenvalue weighted by Crippen LogP contribution is -2.41. The van der Waals surface area contributed by atoms with Gasteiger partial charge in [-0.2, -0.15) is 0 Å². The van der Waals surface area contributed by atoms with Crippen molar-refractivity contribution in [2.75, 3.05) is 0 Å². The second-order valence-corrected chi connectivity index (χ2v) is 9.14. The molecule has 0 fully saturated rings. The lowest BCUT2D eigenvalue weighted by atomic mass is 10.0. The number of para-hydroxylation sites is 1. The zero-order valence-corrected chi connectivity index (χ0v) is 20.4. The zero-order valence-electron chi connectivity index (χ0n) is 20.4. The van der Waals surface area contributed by atoms with Crippen molar-refractivity contribution in [3.63, 3.8) is 0 Å². The van der Waals surface area contributed by atoms with E-state index in [4.69, 9.17) is 4.98 Å². The number of aromatic nitrogens is 2. The molecule has 5 aromatic rings. The first-order valence-corrected chi connectivity index (χ1v) is 12.1. The highest BCUT2D eigenvalue weighted by molar-refractivity contribution is 5.95. The van der Waals surface area contributed by atoms with Gasteiger partial charge in [0.15, 0.2) is 0 Å². The van der Waals surface area contributed by atoms with Crippen molar-refractivity contribution in [2.45, 2.75) is 33.1 Å². The van der Waals surface area contributed by atoms with Crippen LogP contribution in [0.1, 0.15) is 39.9 Å². The molecule has 6 heteroatoms. The van der Waals surface area contributed by atoms with Gasteiger partial charge >= 0.3 is 0 Å². The molecule has 180 valence electrons. The summed E-state index contributed by atoms with van der Waals surface area (Å²) in [5.41, 5.74) is 12.8. The van der Waals surface area contributed by atoms with Crippen LogP contribution in [-0.4, -0.2) is 21.8 Å². The first-order chi connectivity index (χ1) is 17.5. The van der Waals surface area contributed by atoms with E-state index in [0.717, 1.165) is 44.3 Å². The third kappa shape index (κ3) is 4.98. The highest BCUT2D eigenvalue weighted by Gasteiger charge is 2.16. The topological polar surface area (TPSA) is 86.9 Å². The number of rotatable bonds is 6. The van der Waals surface area contributed by atoms with Gasteiger partial charge in [-0.05, 0) is 68.7 Å². The second-order valence-electron chi connectivity index (χ2n) is 9.14. The molecule has 0 bridgehead atoms. The first kappa shape index (κ1) is 23.3. The van der Waals surface area contributed by atoms with Crippen LogP contribution in [0.3, 0.4) is 0 Å². The summed E-state index contributed by atoms with van der Waals surface area (Å²) in [7, 11) is 0. The molecule has 0 aliphatic heterocycles. The van der Waals surface area contributed by atoms with Crippen LogP contribution in [0.25, 0.3) is 33.2 Å². The molecule has 0 aliphatic rings. The molecule has 0 atom stereocenters. The zero-order chi connectivity index (χ0) is 25.1. The molecule has 3 N–H and O–H groups in total. The number of nitrogens with zero attached hydrogens (tertiary/aromatic N) is 1. The molecular weight excluding hydrogens is 448 g/mol. The number of aromatic amines is 1. The van der Waals surface area contributed by atoms with E-state index in [1.165, 1.54) is 5.56 Å². The third-order valence-electron chi connectivity index (χ3n) is 6.38. The number of amides is 2. The van der Waals surface area contributed by atoms with Crippen LogP contribution in [0.4, 0.5) is 0 Å². The third-order valence-corrected chi connectivity index (χ3v) is 6.38. The van der Waals surface area contributed by atoms with E-state index < -0.39 is 0 Å². The van der Waals surface area contributed by atoms with Crippen molar-refractivity contribution in [1.82, 2.24) is 20.8 Å². The predicted octanol–water partition coefficient (Wildman–Crippen LogP) is 5.78. The average molecular weight is 477 g/mol. The summed E-state index contributed by atoms with van der Waals surface area (Å²) in [5, 5.41) is 2.24. The van der Waals surface area contributed by atoms with E-state index in [1.807, 2.05) is 43.3 Å². The minimum absolute atomic E-state index is 0.225. The number of hydrogen-bond acceptors (Lipinski definition) is 3. The van der Waals surface area contributed by atoms with Gasteiger partial charge in [-0.1, -0.05) is 53.6 Å². The molecule has 2 amide bonds. The van der Waals surface area contributed by atoms with Gasteiger partial charge in [-0.25, -0.2) is 4.98 Å². The summed E-state index contributed by atoms with van der Waals surface area (Å²) in [6.07, 6.45) is 1.62. The number of aryl methyl sites for hydroxylation is 3. The molecule has 0 unspecified atom stereocenters. The Labute approximate surface area is 209 Å². The SMILES string of the molecule is Cc1ccc(C(=O)NNC(=O)CCCc2c(-c3ccc4ccccc4n3)[nH]c3ccc(C)cc23)cc1. The van der Waals surface area contributed by atoms with Crippen LogP contribution in [0.15, 0.2) is 78.9 Å². The Morgan fingerprint density at radius 3 is 2.47 bits per heavy atom. The quantitative estimate of drug-likeness (QED) is 0.271. The van der Waals surface area contributed by atoms with Crippen LogP contribution in [0.2, 0.25) is 0 Å². The molecular formula is C30H28N4O2. The van der Waals surface area contributed by atoms with Crippen molar-refractivity contribution in [3.8, 4) is 11.4 Å². The lowest BCUT2D eigenvalue weighted by molar-refractivity contribution is -0.121. The lowest BCUT2D eigenvalue weighted by Gasteiger charge is -2.09. The second kappa shape index (κ2) is 10.0. The van der Waals surface area contributed by atoms with Gasteiger partial charge in [0.2, 0.25) is 5.91 Å². The van der Waals surface area contributed by atoms with Gasteiger partial charge in [0, 0.05) is 28.3 Å². The largest absolute Gasteiger partial charge is 0.353 e. The number of H-pyrrole nitrogens is 1. The van der Waals surface area contributed by atoms with Crippen molar-refractivity contribution < 1.29 is 9.59 Å². The van der Waals surface area contributed by atoms with Crippen LogP contribution in [-0.2, 0) is 11.2 Å². The molecule has 0 saturated heterocycles. The van der Waals surface area contributed by atoms with E-state index in [-0.39, 0.29) is 18.2 Å². The molecule has 2 heterocycles. The molecule has 36 heavy (non-hydrogen) atoms. The predicted molar refractivity (Wildman–Crippen MR) is 143 cm³/mol. The number of hydrazine groups is 1. The van der Waals surface area contributed by atoms with Crippen molar-refractivity contribution in [1.29, 1.82) is 0 Å².